The molecule has 102 valence electrons. The fourth-order valence-corrected chi connectivity index (χ4v) is 2.78. The molecule has 0 fully saturated rings. The topological polar surface area (TPSA) is 15.3 Å². The third-order valence-corrected chi connectivity index (χ3v) is 4.08. The first-order valence-corrected chi connectivity index (χ1v) is 7.32. The average Bonchev–Trinajstić information content (AvgIpc) is 2.49. The van der Waals surface area contributed by atoms with Crippen molar-refractivity contribution in [3.63, 3.8) is 0 Å². The molecule has 3 rings (SSSR count). The Morgan fingerprint density at radius 2 is 1.75 bits per heavy atom. The van der Waals surface area contributed by atoms with Crippen molar-refractivity contribution in [1.29, 1.82) is 0 Å². The summed E-state index contributed by atoms with van der Waals surface area (Å²) in [5, 5.41) is 4.14. The first-order chi connectivity index (χ1) is 9.72. The van der Waals surface area contributed by atoms with Crippen LogP contribution in [0, 0.1) is 6.92 Å². The molecule has 0 aliphatic carbocycles. The standard InChI is InChI=1S/C17H18N2S/c1-13-6-8-16(9-7-13)18-17(20)19-11-10-14-4-2-3-5-15(14)12-19/h2-9H,10-12H2,1H3,(H,18,20). The molecule has 0 bridgehead atoms. The van der Waals surface area contributed by atoms with Gasteiger partial charge in [0, 0.05) is 18.8 Å². The number of hydrogen-bond donors (Lipinski definition) is 1. The van der Waals surface area contributed by atoms with Crippen LogP contribution in [0.1, 0.15) is 16.7 Å². The number of benzene rings is 2. The molecule has 1 aliphatic heterocycles. The highest BCUT2D eigenvalue weighted by Gasteiger charge is 2.17. The summed E-state index contributed by atoms with van der Waals surface area (Å²) in [5.41, 5.74) is 5.14. The van der Waals surface area contributed by atoms with Crippen LogP contribution in [-0.4, -0.2) is 16.6 Å². The monoisotopic (exact) mass is 282 g/mol. The van der Waals surface area contributed by atoms with E-state index in [2.05, 4.69) is 65.7 Å². The number of anilines is 1. The minimum atomic E-state index is 0.809. The van der Waals surface area contributed by atoms with E-state index >= 15 is 0 Å². The second kappa shape index (κ2) is 5.63. The molecule has 3 heteroatoms. The quantitative estimate of drug-likeness (QED) is 0.802. The lowest BCUT2D eigenvalue weighted by molar-refractivity contribution is 0.399. The second-order valence-corrected chi connectivity index (χ2v) is 5.62. The summed E-state index contributed by atoms with van der Waals surface area (Å²) in [6, 6.07) is 16.9. The number of rotatable bonds is 1. The summed E-state index contributed by atoms with van der Waals surface area (Å²) >= 11 is 5.53. The van der Waals surface area contributed by atoms with Gasteiger partial charge in [0.15, 0.2) is 5.11 Å². The predicted molar refractivity (Wildman–Crippen MR) is 88.0 cm³/mol. The molecule has 0 atom stereocenters. The molecule has 0 radical (unpaired) electrons. The van der Waals surface area contributed by atoms with E-state index in [0.717, 1.165) is 30.3 Å². The Kier molecular flexibility index (Phi) is 3.70. The third-order valence-electron chi connectivity index (χ3n) is 3.72. The van der Waals surface area contributed by atoms with Crippen LogP contribution in [0.2, 0.25) is 0 Å². The van der Waals surface area contributed by atoms with Gasteiger partial charge in [0.2, 0.25) is 0 Å². The average molecular weight is 282 g/mol. The van der Waals surface area contributed by atoms with Crippen molar-refractivity contribution in [2.24, 2.45) is 0 Å². The van der Waals surface area contributed by atoms with Crippen molar-refractivity contribution in [2.45, 2.75) is 19.9 Å². The van der Waals surface area contributed by atoms with Crippen molar-refractivity contribution in [3.8, 4) is 0 Å². The zero-order chi connectivity index (χ0) is 13.9. The van der Waals surface area contributed by atoms with Crippen LogP contribution in [0.5, 0.6) is 0 Å². The third kappa shape index (κ3) is 2.83. The highest BCUT2D eigenvalue weighted by atomic mass is 32.1. The molecule has 0 spiro atoms. The van der Waals surface area contributed by atoms with Gasteiger partial charge in [-0.1, -0.05) is 42.0 Å². The van der Waals surface area contributed by atoms with E-state index < -0.39 is 0 Å². The van der Waals surface area contributed by atoms with Gasteiger partial charge in [-0.2, -0.15) is 0 Å². The van der Waals surface area contributed by atoms with Crippen LogP contribution in [0.15, 0.2) is 48.5 Å². The van der Waals surface area contributed by atoms with Crippen molar-refractivity contribution in [1.82, 2.24) is 4.90 Å². The van der Waals surface area contributed by atoms with E-state index in [-0.39, 0.29) is 0 Å². The first kappa shape index (κ1) is 13.1. The molecule has 20 heavy (non-hydrogen) atoms. The molecule has 0 aromatic heterocycles. The molecule has 2 aromatic carbocycles. The Morgan fingerprint density at radius 3 is 2.50 bits per heavy atom. The van der Waals surface area contributed by atoms with Gasteiger partial charge in [-0.25, -0.2) is 0 Å². The van der Waals surface area contributed by atoms with Crippen LogP contribution >= 0.6 is 12.2 Å². The second-order valence-electron chi connectivity index (χ2n) is 5.24. The van der Waals surface area contributed by atoms with E-state index in [1.54, 1.807) is 0 Å². The number of fused-ring (bicyclic) bond motifs is 1. The Morgan fingerprint density at radius 1 is 1.05 bits per heavy atom. The van der Waals surface area contributed by atoms with Gasteiger partial charge >= 0.3 is 0 Å². The minimum Gasteiger partial charge on any atom is -0.344 e. The van der Waals surface area contributed by atoms with Gasteiger partial charge in [-0.15, -0.1) is 0 Å². The number of nitrogens with one attached hydrogen (secondary N) is 1. The Balaban J connectivity index is 1.68. The summed E-state index contributed by atoms with van der Waals surface area (Å²) in [7, 11) is 0. The molecular weight excluding hydrogens is 264 g/mol. The molecule has 2 nitrogen and oxygen atoms in total. The molecule has 0 unspecified atom stereocenters. The molecule has 1 aliphatic rings. The maximum Gasteiger partial charge on any atom is 0.173 e. The lowest BCUT2D eigenvalue weighted by Gasteiger charge is -2.31. The summed E-state index contributed by atoms with van der Waals surface area (Å²) in [6.07, 6.45) is 1.06. The smallest absolute Gasteiger partial charge is 0.173 e. The Hall–Kier alpha value is -1.87. The van der Waals surface area contributed by atoms with Gasteiger partial charge in [0.1, 0.15) is 0 Å². The lowest BCUT2D eigenvalue weighted by atomic mass is 10.0. The van der Waals surface area contributed by atoms with E-state index in [9.17, 15) is 0 Å². The predicted octanol–water partition coefficient (Wildman–Crippen LogP) is 3.75. The van der Waals surface area contributed by atoms with Crippen LogP contribution in [0.25, 0.3) is 0 Å². The van der Waals surface area contributed by atoms with Gasteiger partial charge in [-0.05, 0) is 48.8 Å². The van der Waals surface area contributed by atoms with E-state index in [0.29, 0.717) is 0 Å². The van der Waals surface area contributed by atoms with Gasteiger partial charge in [0.25, 0.3) is 0 Å². The SMILES string of the molecule is Cc1ccc(NC(=S)N2CCc3ccccc3C2)cc1. The van der Waals surface area contributed by atoms with Crippen LogP contribution in [0.4, 0.5) is 5.69 Å². The molecule has 1 N–H and O–H groups in total. The van der Waals surface area contributed by atoms with Crippen molar-refractivity contribution >= 4 is 23.0 Å². The number of thiocarbonyl (C=S) groups is 1. The highest BCUT2D eigenvalue weighted by molar-refractivity contribution is 7.80. The van der Waals surface area contributed by atoms with E-state index in [4.69, 9.17) is 12.2 Å². The van der Waals surface area contributed by atoms with Gasteiger partial charge < -0.3 is 10.2 Å². The van der Waals surface area contributed by atoms with Gasteiger partial charge in [0.05, 0.1) is 0 Å². The number of hydrogen-bond acceptors (Lipinski definition) is 1. The molecule has 0 amide bonds. The normalized spacial score (nSPS) is 13.8. The summed E-state index contributed by atoms with van der Waals surface area (Å²) < 4.78 is 0. The first-order valence-electron chi connectivity index (χ1n) is 6.92. The Bertz CT molecular complexity index is 619. The fourth-order valence-electron chi connectivity index (χ4n) is 2.51. The summed E-state index contributed by atoms with van der Waals surface area (Å²) in [4.78, 5) is 2.23. The van der Waals surface area contributed by atoms with Crippen molar-refractivity contribution < 1.29 is 0 Å². The van der Waals surface area contributed by atoms with Crippen molar-refractivity contribution in [3.05, 3.63) is 65.2 Å². The molecule has 0 saturated carbocycles. The summed E-state index contributed by atoms with van der Waals surface area (Å²) in [5.74, 6) is 0. The molecule has 1 heterocycles. The number of aryl methyl sites for hydroxylation is 1. The molecule has 2 aromatic rings. The fraction of sp³-hybridized carbons (Fsp3) is 0.235. The zero-order valence-corrected chi connectivity index (χ0v) is 12.4. The van der Waals surface area contributed by atoms with E-state index in [1.807, 2.05) is 0 Å². The maximum absolute atomic E-state index is 5.53. The Labute approximate surface area is 125 Å². The van der Waals surface area contributed by atoms with E-state index in [1.165, 1.54) is 16.7 Å². The highest BCUT2D eigenvalue weighted by Crippen LogP contribution is 2.19. The van der Waals surface area contributed by atoms with Crippen LogP contribution < -0.4 is 5.32 Å². The minimum absolute atomic E-state index is 0.809. The largest absolute Gasteiger partial charge is 0.344 e. The van der Waals surface area contributed by atoms with Gasteiger partial charge in [-0.3, -0.25) is 0 Å². The number of nitrogens with zero attached hydrogens (tertiary/aromatic N) is 1. The summed E-state index contributed by atoms with van der Waals surface area (Å²) in [6.45, 7) is 3.96. The van der Waals surface area contributed by atoms with Crippen LogP contribution in [0.3, 0.4) is 0 Å². The maximum atomic E-state index is 5.53. The van der Waals surface area contributed by atoms with Crippen LogP contribution in [-0.2, 0) is 13.0 Å². The molecule has 0 saturated heterocycles. The lowest BCUT2D eigenvalue weighted by Crippen LogP contribution is -2.38. The zero-order valence-electron chi connectivity index (χ0n) is 11.6. The van der Waals surface area contributed by atoms with Crippen molar-refractivity contribution in [2.75, 3.05) is 11.9 Å². The molecular formula is C17H18N2S.